The summed E-state index contributed by atoms with van der Waals surface area (Å²) in [7, 11) is 0.650. The van der Waals surface area contributed by atoms with E-state index in [1.165, 1.54) is 10.8 Å². The van der Waals surface area contributed by atoms with Gasteiger partial charge in [-0.05, 0) is 0 Å². The molecule has 2 nitrogen and oxygen atoms in total. The Labute approximate surface area is 49.7 Å². The quantitative estimate of drug-likeness (QED) is 0.558. The lowest BCUT2D eigenvalue weighted by Crippen LogP contribution is -2.01. The van der Waals surface area contributed by atoms with Crippen LogP contribution in [0.4, 0.5) is 0 Å². The molecular weight excluding hydrogens is 130 g/mol. The zero-order valence-electron chi connectivity index (χ0n) is 4.22. The van der Waals surface area contributed by atoms with Crippen molar-refractivity contribution >= 4 is 20.6 Å². The van der Waals surface area contributed by atoms with Crippen LogP contribution in [-0.4, -0.2) is 22.8 Å². The summed E-state index contributed by atoms with van der Waals surface area (Å²) in [5.41, 5.74) is 5.12. The van der Waals surface area contributed by atoms with E-state index in [9.17, 15) is 4.21 Å². The molecule has 0 spiro atoms. The second-order valence-corrected chi connectivity index (χ2v) is 4.57. The normalized spacial score (nSPS) is 14.0. The molecule has 0 aromatic heterocycles. The molecule has 4 heteroatoms. The number of hydrogen-bond donors (Lipinski definition) is 1. The van der Waals surface area contributed by atoms with Crippen LogP contribution >= 0.6 is 10.8 Å². The average Bonchev–Trinajstić information content (AvgIpc) is 1.61. The Balaban J connectivity index is 2.82. The fraction of sp³-hybridized carbons (Fsp3) is 1.00. The Kier molecular flexibility index (Phi) is 4.92. The maximum Gasteiger partial charge on any atom is 0.0772 e. The highest BCUT2D eigenvalue weighted by Crippen LogP contribution is 2.00. The van der Waals surface area contributed by atoms with Gasteiger partial charge in [-0.3, -0.25) is 0 Å². The van der Waals surface area contributed by atoms with Gasteiger partial charge in [-0.25, -0.2) is 4.21 Å². The van der Waals surface area contributed by atoms with Crippen LogP contribution in [-0.2, 0) is 9.83 Å². The minimum atomic E-state index is -0.729. The minimum absolute atomic E-state index is 0.615. The van der Waals surface area contributed by atoms with Gasteiger partial charge in [0.2, 0.25) is 0 Å². The summed E-state index contributed by atoms with van der Waals surface area (Å²) in [6, 6.07) is 0. The van der Waals surface area contributed by atoms with E-state index in [1.807, 2.05) is 0 Å². The molecule has 0 aliphatic carbocycles. The molecule has 0 fully saturated rings. The van der Waals surface area contributed by atoms with Crippen LogP contribution in [0.25, 0.3) is 0 Å². The van der Waals surface area contributed by atoms with Gasteiger partial charge in [0.25, 0.3) is 0 Å². The molecule has 44 valence electrons. The predicted octanol–water partition coefficient (Wildman–Crippen LogP) is -0.0282. The predicted molar refractivity (Wildman–Crippen MR) is 35.6 cm³/mol. The monoisotopic (exact) mass is 139 g/mol. The van der Waals surface area contributed by atoms with Crippen molar-refractivity contribution in [3.63, 3.8) is 0 Å². The standard InChI is InChI=1S/C3H9NOS2/c1-7(5)6-3-2-4/h2-4H2,1H3. The van der Waals surface area contributed by atoms with Crippen molar-refractivity contribution in [3.8, 4) is 0 Å². The maximum atomic E-state index is 10.2. The third-order valence-electron chi connectivity index (χ3n) is 0.367. The number of nitrogens with two attached hydrogens (primary N) is 1. The SMILES string of the molecule is CS(=O)SCCN. The molecule has 0 saturated carbocycles. The molecule has 0 saturated heterocycles. The largest absolute Gasteiger partial charge is 0.330 e. The van der Waals surface area contributed by atoms with Crippen LogP contribution in [0.15, 0.2) is 0 Å². The van der Waals surface area contributed by atoms with Crippen LogP contribution in [0, 0.1) is 0 Å². The Hall–Kier alpha value is 0.460. The van der Waals surface area contributed by atoms with Crippen LogP contribution in [0.2, 0.25) is 0 Å². The van der Waals surface area contributed by atoms with Crippen LogP contribution in [0.1, 0.15) is 0 Å². The second-order valence-electron chi connectivity index (χ2n) is 1.01. The zero-order valence-corrected chi connectivity index (χ0v) is 5.85. The van der Waals surface area contributed by atoms with Crippen LogP contribution in [0.3, 0.4) is 0 Å². The van der Waals surface area contributed by atoms with Crippen molar-refractivity contribution in [1.82, 2.24) is 0 Å². The van der Waals surface area contributed by atoms with Gasteiger partial charge in [-0.15, -0.1) is 0 Å². The molecule has 0 aromatic rings. The first kappa shape index (κ1) is 7.46. The first-order valence-corrected chi connectivity index (χ1v) is 5.00. The fourth-order valence-corrected chi connectivity index (χ4v) is 1.49. The summed E-state index contributed by atoms with van der Waals surface area (Å²) in [6.45, 7) is 0.615. The van der Waals surface area contributed by atoms with Crippen molar-refractivity contribution in [2.24, 2.45) is 5.73 Å². The molecule has 0 aliphatic heterocycles. The third-order valence-corrected chi connectivity index (χ3v) is 2.60. The van der Waals surface area contributed by atoms with Gasteiger partial charge >= 0.3 is 0 Å². The van der Waals surface area contributed by atoms with E-state index in [2.05, 4.69) is 0 Å². The average molecular weight is 139 g/mol. The third kappa shape index (κ3) is 6.46. The topological polar surface area (TPSA) is 43.1 Å². The molecular formula is C3H9NOS2. The Morgan fingerprint density at radius 3 is 2.57 bits per heavy atom. The lowest BCUT2D eigenvalue weighted by atomic mass is 10.8. The first-order valence-electron chi connectivity index (χ1n) is 1.94. The number of rotatable bonds is 3. The molecule has 0 amide bonds. The Bertz CT molecular complexity index is 66.0. The van der Waals surface area contributed by atoms with E-state index in [4.69, 9.17) is 5.73 Å². The van der Waals surface area contributed by atoms with Crippen LogP contribution < -0.4 is 5.73 Å². The summed E-state index contributed by atoms with van der Waals surface area (Å²) in [5, 5.41) is 0. The van der Waals surface area contributed by atoms with Crippen molar-refractivity contribution in [3.05, 3.63) is 0 Å². The van der Waals surface area contributed by atoms with Crippen LogP contribution in [0.5, 0.6) is 0 Å². The van der Waals surface area contributed by atoms with Gasteiger partial charge in [-0.1, -0.05) is 10.8 Å². The van der Waals surface area contributed by atoms with Gasteiger partial charge in [0.1, 0.15) is 0 Å². The number of hydrogen-bond acceptors (Lipinski definition) is 3. The second kappa shape index (κ2) is 4.61. The Morgan fingerprint density at radius 2 is 2.43 bits per heavy atom. The van der Waals surface area contributed by atoms with E-state index in [1.54, 1.807) is 6.26 Å². The molecule has 2 N–H and O–H groups in total. The molecule has 0 bridgehead atoms. The minimum Gasteiger partial charge on any atom is -0.330 e. The first-order chi connectivity index (χ1) is 3.27. The summed E-state index contributed by atoms with van der Waals surface area (Å²) in [5.74, 6) is 0.795. The van der Waals surface area contributed by atoms with Gasteiger partial charge in [0.05, 0.1) is 9.83 Å². The summed E-state index contributed by atoms with van der Waals surface area (Å²) < 4.78 is 10.2. The maximum absolute atomic E-state index is 10.2. The molecule has 0 aromatic carbocycles. The zero-order chi connectivity index (χ0) is 5.70. The fourth-order valence-electron chi connectivity index (χ4n) is 0.165. The molecule has 0 rings (SSSR count). The molecule has 0 radical (unpaired) electrons. The van der Waals surface area contributed by atoms with E-state index in [-0.39, 0.29) is 0 Å². The highest BCUT2D eigenvalue weighted by atomic mass is 33.1. The van der Waals surface area contributed by atoms with Gasteiger partial charge in [0.15, 0.2) is 0 Å². The van der Waals surface area contributed by atoms with Crippen molar-refractivity contribution in [2.75, 3.05) is 18.6 Å². The highest BCUT2D eigenvalue weighted by molar-refractivity contribution is 8.68. The van der Waals surface area contributed by atoms with Crippen molar-refractivity contribution in [1.29, 1.82) is 0 Å². The lowest BCUT2D eigenvalue weighted by molar-refractivity contribution is 0.695. The van der Waals surface area contributed by atoms with Gasteiger partial charge in [0, 0.05) is 18.6 Å². The van der Waals surface area contributed by atoms with E-state index in [0.29, 0.717) is 6.54 Å². The summed E-state index contributed by atoms with van der Waals surface area (Å²) >= 11 is 0. The molecule has 0 aliphatic rings. The molecule has 1 atom stereocenters. The molecule has 7 heavy (non-hydrogen) atoms. The van der Waals surface area contributed by atoms with Crippen molar-refractivity contribution < 1.29 is 4.21 Å². The molecule has 0 heterocycles. The Morgan fingerprint density at radius 1 is 1.86 bits per heavy atom. The van der Waals surface area contributed by atoms with Gasteiger partial charge < -0.3 is 5.73 Å². The summed E-state index contributed by atoms with van der Waals surface area (Å²) in [4.78, 5) is 0. The van der Waals surface area contributed by atoms with E-state index < -0.39 is 9.83 Å². The van der Waals surface area contributed by atoms with E-state index >= 15 is 0 Å². The van der Waals surface area contributed by atoms with Gasteiger partial charge in [-0.2, -0.15) is 0 Å². The molecule has 1 unspecified atom stereocenters. The van der Waals surface area contributed by atoms with E-state index in [0.717, 1.165) is 5.75 Å². The lowest BCUT2D eigenvalue weighted by Gasteiger charge is -1.88. The van der Waals surface area contributed by atoms with Crippen molar-refractivity contribution in [2.45, 2.75) is 0 Å². The smallest absolute Gasteiger partial charge is 0.0772 e. The summed E-state index contributed by atoms with van der Waals surface area (Å²) in [6.07, 6.45) is 1.65. The highest BCUT2D eigenvalue weighted by Gasteiger charge is 1.85.